The highest BCUT2D eigenvalue weighted by molar-refractivity contribution is 5.75. The molecule has 2 amide bonds. The van der Waals surface area contributed by atoms with Crippen LogP contribution in [0.15, 0.2) is 18.2 Å². The molecule has 0 aliphatic carbocycles. The van der Waals surface area contributed by atoms with E-state index in [2.05, 4.69) is 5.32 Å². The summed E-state index contributed by atoms with van der Waals surface area (Å²) in [5.41, 5.74) is 1.11. The molecule has 0 aliphatic rings. The van der Waals surface area contributed by atoms with Crippen molar-refractivity contribution < 1.29 is 14.6 Å². The number of nitrogens with one attached hydrogen (secondary N) is 1. The number of ether oxygens (including phenoxy) is 1. The van der Waals surface area contributed by atoms with E-state index in [1.54, 1.807) is 25.9 Å². The van der Waals surface area contributed by atoms with Gasteiger partial charge in [0.2, 0.25) is 0 Å². The number of rotatable bonds is 6. The molecule has 1 unspecified atom stereocenters. The second kappa shape index (κ2) is 7.68. The molecule has 5 nitrogen and oxygen atoms in total. The zero-order chi connectivity index (χ0) is 17.8. The third-order valence-corrected chi connectivity index (χ3v) is 3.63. The van der Waals surface area contributed by atoms with Gasteiger partial charge in [-0.05, 0) is 47.6 Å². The molecule has 0 saturated heterocycles. The van der Waals surface area contributed by atoms with E-state index in [1.165, 1.54) is 0 Å². The molecule has 0 heterocycles. The first-order valence-corrected chi connectivity index (χ1v) is 7.99. The summed E-state index contributed by atoms with van der Waals surface area (Å²) in [6.45, 7) is 11.5. The number of aliphatic hydroxyl groups is 1. The molecule has 0 fully saturated rings. The lowest BCUT2D eigenvalue weighted by molar-refractivity contribution is 0.0383. The Labute approximate surface area is 139 Å². The van der Waals surface area contributed by atoms with E-state index in [1.807, 2.05) is 45.9 Å². The molecule has 1 aromatic carbocycles. The number of hydrogen-bond donors (Lipinski definition) is 2. The largest absolute Gasteiger partial charge is 0.496 e. The molecule has 1 atom stereocenters. The Bertz CT molecular complexity index is 536. The lowest BCUT2D eigenvalue weighted by Gasteiger charge is -2.33. The fraction of sp³-hybridized carbons (Fsp3) is 0.611. The van der Waals surface area contributed by atoms with E-state index in [0.717, 1.165) is 16.9 Å². The number of urea groups is 1. The molecular formula is C18H30N2O3. The first-order valence-electron chi connectivity index (χ1n) is 7.99. The molecule has 0 radical (unpaired) electrons. The maximum absolute atomic E-state index is 12.6. The van der Waals surface area contributed by atoms with Gasteiger partial charge >= 0.3 is 6.03 Å². The zero-order valence-electron chi connectivity index (χ0n) is 15.3. The van der Waals surface area contributed by atoms with Crippen LogP contribution in [0, 0.1) is 6.92 Å². The van der Waals surface area contributed by atoms with Crippen molar-refractivity contribution >= 4 is 6.03 Å². The molecule has 0 aromatic heterocycles. The average Bonchev–Trinajstić information content (AvgIpc) is 2.43. The molecule has 0 spiro atoms. The molecule has 2 N–H and O–H groups in total. The predicted molar refractivity (Wildman–Crippen MR) is 92.8 cm³/mol. The van der Waals surface area contributed by atoms with Gasteiger partial charge in [-0.3, -0.25) is 0 Å². The van der Waals surface area contributed by atoms with Gasteiger partial charge in [0.15, 0.2) is 0 Å². The van der Waals surface area contributed by atoms with Crippen molar-refractivity contribution in [2.45, 2.75) is 59.2 Å². The van der Waals surface area contributed by atoms with Crippen LogP contribution in [0.2, 0.25) is 0 Å². The van der Waals surface area contributed by atoms with Crippen molar-refractivity contribution in [3.63, 3.8) is 0 Å². The van der Waals surface area contributed by atoms with Crippen LogP contribution in [0.3, 0.4) is 0 Å². The summed E-state index contributed by atoms with van der Waals surface area (Å²) in [6, 6.07) is 5.50. The van der Waals surface area contributed by atoms with Gasteiger partial charge in [0.1, 0.15) is 5.75 Å². The fourth-order valence-electron chi connectivity index (χ4n) is 2.44. The highest BCUT2D eigenvalue weighted by Gasteiger charge is 2.26. The van der Waals surface area contributed by atoms with Gasteiger partial charge in [0.25, 0.3) is 0 Å². The number of hydrogen-bond acceptors (Lipinski definition) is 3. The monoisotopic (exact) mass is 322 g/mol. The van der Waals surface area contributed by atoms with Crippen LogP contribution in [0.5, 0.6) is 5.75 Å². The van der Waals surface area contributed by atoms with E-state index < -0.39 is 5.60 Å². The summed E-state index contributed by atoms with van der Waals surface area (Å²) >= 11 is 0. The topological polar surface area (TPSA) is 61.8 Å². The molecule has 0 bridgehead atoms. The zero-order valence-corrected chi connectivity index (χ0v) is 15.3. The van der Waals surface area contributed by atoms with Gasteiger partial charge in [0.05, 0.1) is 25.3 Å². The number of carbonyl (C=O) groups excluding carboxylic acids is 1. The lowest BCUT2D eigenvalue weighted by Crippen LogP contribution is -2.50. The van der Waals surface area contributed by atoms with Gasteiger partial charge in [-0.15, -0.1) is 0 Å². The highest BCUT2D eigenvalue weighted by Crippen LogP contribution is 2.26. The van der Waals surface area contributed by atoms with E-state index in [0.29, 0.717) is 0 Å². The molecule has 130 valence electrons. The van der Waals surface area contributed by atoms with Crippen LogP contribution >= 0.6 is 0 Å². The van der Waals surface area contributed by atoms with E-state index in [4.69, 9.17) is 4.74 Å². The molecular weight excluding hydrogens is 292 g/mol. The van der Waals surface area contributed by atoms with Crippen molar-refractivity contribution in [1.82, 2.24) is 10.2 Å². The number of aryl methyl sites for hydroxylation is 1. The van der Waals surface area contributed by atoms with Gasteiger partial charge < -0.3 is 20.1 Å². The lowest BCUT2D eigenvalue weighted by atomic mass is 10.0. The SMILES string of the molecule is COc1ccc(C)cc1C(C)NC(=O)N(CC(C)(C)O)C(C)C. The van der Waals surface area contributed by atoms with Gasteiger partial charge in [-0.25, -0.2) is 4.79 Å². The predicted octanol–water partition coefficient (Wildman–Crippen LogP) is 3.26. The molecule has 5 heteroatoms. The number of nitrogens with zero attached hydrogens (tertiary/aromatic N) is 1. The highest BCUT2D eigenvalue weighted by atomic mass is 16.5. The molecule has 0 saturated carbocycles. The van der Waals surface area contributed by atoms with Crippen molar-refractivity contribution in [3.8, 4) is 5.75 Å². The summed E-state index contributed by atoms with van der Waals surface area (Å²) in [5, 5.41) is 13.0. The van der Waals surface area contributed by atoms with Gasteiger partial charge in [0, 0.05) is 11.6 Å². The van der Waals surface area contributed by atoms with Crippen molar-refractivity contribution in [2.75, 3.05) is 13.7 Å². The van der Waals surface area contributed by atoms with Crippen LogP contribution < -0.4 is 10.1 Å². The van der Waals surface area contributed by atoms with Gasteiger partial charge in [-0.2, -0.15) is 0 Å². The van der Waals surface area contributed by atoms with Crippen LogP contribution in [0.1, 0.15) is 51.8 Å². The first kappa shape index (κ1) is 19.3. The number of carbonyl (C=O) groups is 1. The van der Waals surface area contributed by atoms with Crippen LogP contribution in [0.4, 0.5) is 4.79 Å². The standard InChI is InChI=1S/C18H30N2O3/c1-12(2)20(11-18(5,6)22)17(21)19-14(4)15-10-13(3)8-9-16(15)23-7/h8-10,12,14,22H,11H2,1-7H3,(H,19,21). The summed E-state index contributed by atoms with van der Waals surface area (Å²) in [6.07, 6.45) is 0. The first-order chi connectivity index (χ1) is 10.5. The van der Waals surface area contributed by atoms with Crippen molar-refractivity contribution in [3.05, 3.63) is 29.3 Å². The molecule has 23 heavy (non-hydrogen) atoms. The Morgan fingerprint density at radius 1 is 1.35 bits per heavy atom. The Morgan fingerprint density at radius 2 is 1.96 bits per heavy atom. The van der Waals surface area contributed by atoms with E-state index in [9.17, 15) is 9.90 Å². The minimum atomic E-state index is -0.939. The Hall–Kier alpha value is -1.75. The fourth-order valence-corrected chi connectivity index (χ4v) is 2.44. The van der Waals surface area contributed by atoms with Crippen LogP contribution in [-0.2, 0) is 0 Å². The number of methoxy groups -OCH3 is 1. The second-order valence-corrected chi connectivity index (χ2v) is 6.95. The van der Waals surface area contributed by atoms with Crippen LogP contribution in [0.25, 0.3) is 0 Å². The normalized spacial score (nSPS) is 12.9. The summed E-state index contributed by atoms with van der Waals surface area (Å²) in [4.78, 5) is 14.2. The smallest absolute Gasteiger partial charge is 0.318 e. The Kier molecular flexibility index (Phi) is 6.45. The van der Waals surface area contributed by atoms with Crippen molar-refractivity contribution in [1.29, 1.82) is 0 Å². The number of amides is 2. The summed E-state index contributed by atoms with van der Waals surface area (Å²) in [5.74, 6) is 0.752. The van der Waals surface area contributed by atoms with Gasteiger partial charge in [-0.1, -0.05) is 17.7 Å². The Morgan fingerprint density at radius 3 is 2.43 bits per heavy atom. The summed E-state index contributed by atoms with van der Waals surface area (Å²) in [7, 11) is 1.62. The Balaban J connectivity index is 2.92. The number of benzene rings is 1. The minimum Gasteiger partial charge on any atom is -0.496 e. The van der Waals surface area contributed by atoms with E-state index in [-0.39, 0.29) is 24.7 Å². The third kappa shape index (κ3) is 5.75. The molecule has 1 rings (SSSR count). The quantitative estimate of drug-likeness (QED) is 0.845. The maximum atomic E-state index is 12.6. The maximum Gasteiger partial charge on any atom is 0.318 e. The average molecular weight is 322 g/mol. The van der Waals surface area contributed by atoms with Crippen LogP contribution in [-0.4, -0.2) is 41.3 Å². The van der Waals surface area contributed by atoms with E-state index >= 15 is 0 Å². The second-order valence-electron chi connectivity index (χ2n) is 6.95. The summed E-state index contributed by atoms with van der Waals surface area (Å²) < 4.78 is 5.39. The molecule has 0 aliphatic heterocycles. The third-order valence-electron chi connectivity index (χ3n) is 3.63. The minimum absolute atomic E-state index is 0.00645. The van der Waals surface area contributed by atoms with Crippen molar-refractivity contribution in [2.24, 2.45) is 0 Å². The molecule has 1 aromatic rings.